The van der Waals surface area contributed by atoms with E-state index in [4.69, 9.17) is 23.2 Å². The lowest BCUT2D eigenvalue weighted by Crippen LogP contribution is -2.07. The summed E-state index contributed by atoms with van der Waals surface area (Å²) in [5.74, 6) is -0.452. The van der Waals surface area contributed by atoms with Crippen LogP contribution >= 0.6 is 23.2 Å². The highest BCUT2D eigenvalue weighted by Gasteiger charge is 2.12. The second-order valence-electron chi connectivity index (χ2n) is 3.89. The molecule has 1 aromatic heterocycles. The van der Waals surface area contributed by atoms with Gasteiger partial charge < -0.3 is 5.32 Å². The Labute approximate surface area is 115 Å². The van der Waals surface area contributed by atoms with E-state index in [0.29, 0.717) is 5.69 Å². The molecule has 2 aromatic rings. The molecule has 2 nitrogen and oxygen atoms in total. The average Bonchev–Trinajstić information content (AvgIpc) is 2.34. The molecule has 1 atom stereocenters. The van der Waals surface area contributed by atoms with Gasteiger partial charge in [-0.3, -0.25) is 4.98 Å². The van der Waals surface area contributed by atoms with E-state index in [0.717, 1.165) is 5.56 Å². The first-order chi connectivity index (χ1) is 8.58. The summed E-state index contributed by atoms with van der Waals surface area (Å²) in [5, 5.41) is 3.69. The molecular formula is C13H11Cl2FN2. The van der Waals surface area contributed by atoms with Crippen molar-refractivity contribution < 1.29 is 4.39 Å². The van der Waals surface area contributed by atoms with Crippen LogP contribution in [-0.4, -0.2) is 4.98 Å². The molecule has 1 heterocycles. The third kappa shape index (κ3) is 2.92. The van der Waals surface area contributed by atoms with Crippen molar-refractivity contribution in [3.8, 4) is 0 Å². The van der Waals surface area contributed by atoms with Gasteiger partial charge in [0.1, 0.15) is 5.82 Å². The molecule has 18 heavy (non-hydrogen) atoms. The Morgan fingerprint density at radius 3 is 2.28 bits per heavy atom. The van der Waals surface area contributed by atoms with E-state index in [1.807, 2.05) is 19.1 Å². The maximum atomic E-state index is 13.1. The average molecular weight is 285 g/mol. The number of nitrogens with one attached hydrogen (secondary N) is 1. The lowest BCUT2D eigenvalue weighted by Gasteiger charge is -2.17. The van der Waals surface area contributed by atoms with Crippen LogP contribution in [0.1, 0.15) is 18.5 Å². The number of nitrogens with zero attached hydrogens (tertiary/aromatic N) is 1. The highest BCUT2D eigenvalue weighted by molar-refractivity contribution is 6.39. The lowest BCUT2D eigenvalue weighted by molar-refractivity contribution is 0.628. The third-order valence-corrected chi connectivity index (χ3v) is 3.17. The Bertz CT molecular complexity index is 523. The smallest absolute Gasteiger partial charge is 0.126 e. The van der Waals surface area contributed by atoms with E-state index in [1.165, 1.54) is 12.1 Å². The van der Waals surface area contributed by atoms with Crippen LogP contribution in [0, 0.1) is 5.82 Å². The quantitative estimate of drug-likeness (QED) is 0.884. The SMILES string of the molecule is CC(Nc1c(Cl)cc(F)cc1Cl)c1ccncc1. The maximum Gasteiger partial charge on any atom is 0.126 e. The lowest BCUT2D eigenvalue weighted by atomic mass is 10.1. The topological polar surface area (TPSA) is 24.9 Å². The molecule has 1 aromatic carbocycles. The predicted octanol–water partition coefficient (Wildman–Crippen LogP) is 4.70. The molecule has 2 rings (SSSR count). The van der Waals surface area contributed by atoms with Gasteiger partial charge in [0.15, 0.2) is 0 Å². The zero-order valence-corrected chi connectivity index (χ0v) is 11.1. The van der Waals surface area contributed by atoms with E-state index >= 15 is 0 Å². The molecule has 0 aliphatic rings. The second-order valence-corrected chi connectivity index (χ2v) is 4.71. The molecule has 0 fully saturated rings. The van der Waals surface area contributed by atoms with Gasteiger partial charge in [-0.1, -0.05) is 23.2 Å². The van der Waals surface area contributed by atoms with E-state index in [9.17, 15) is 4.39 Å². The van der Waals surface area contributed by atoms with Gasteiger partial charge in [-0.2, -0.15) is 0 Å². The van der Waals surface area contributed by atoms with Gasteiger partial charge in [0.2, 0.25) is 0 Å². The summed E-state index contributed by atoms with van der Waals surface area (Å²) in [6, 6.07) is 6.24. The first-order valence-electron chi connectivity index (χ1n) is 5.39. The van der Waals surface area contributed by atoms with Crippen molar-refractivity contribution in [2.75, 3.05) is 5.32 Å². The number of hydrogen-bond acceptors (Lipinski definition) is 2. The standard InChI is InChI=1S/C13H11Cl2FN2/c1-8(9-2-4-17-5-3-9)18-13-11(14)6-10(16)7-12(13)15/h2-8,18H,1H3. The van der Waals surface area contributed by atoms with E-state index in [1.54, 1.807) is 12.4 Å². The minimum atomic E-state index is -0.452. The molecule has 0 amide bonds. The highest BCUT2D eigenvalue weighted by Crippen LogP contribution is 2.33. The summed E-state index contributed by atoms with van der Waals surface area (Å²) in [4.78, 5) is 3.95. The number of aromatic nitrogens is 1. The van der Waals surface area contributed by atoms with Crippen molar-refractivity contribution in [1.82, 2.24) is 4.98 Å². The summed E-state index contributed by atoms with van der Waals surface area (Å²) >= 11 is 11.9. The maximum absolute atomic E-state index is 13.1. The Morgan fingerprint density at radius 1 is 1.17 bits per heavy atom. The number of benzene rings is 1. The van der Waals surface area contributed by atoms with Crippen LogP contribution in [-0.2, 0) is 0 Å². The van der Waals surface area contributed by atoms with Crippen LogP contribution in [0.3, 0.4) is 0 Å². The Hall–Kier alpha value is -1.32. The first kappa shape index (κ1) is 13.1. The van der Waals surface area contributed by atoms with Crippen molar-refractivity contribution in [2.45, 2.75) is 13.0 Å². The van der Waals surface area contributed by atoms with Crippen LogP contribution in [0.5, 0.6) is 0 Å². The fourth-order valence-corrected chi connectivity index (χ4v) is 2.20. The molecule has 0 radical (unpaired) electrons. The van der Waals surface area contributed by atoms with Gasteiger partial charge in [0.25, 0.3) is 0 Å². The minimum Gasteiger partial charge on any atom is -0.376 e. The molecule has 0 aliphatic carbocycles. The fourth-order valence-electron chi connectivity index (χ4n) is 1.63. The molecule has 0 spiro atoms. The monoisotopic (exact) mass is 284 g/mol. The van der Waals surface area contributed by atoms with Gasteiger partial charge in [0, 0.05) is 18.4 Å². The van der Waals surface area contributed by atoms with Gasteiger partial charge in [-0.15, -0.1) is 0 Å². The number of halogens is 3. The molecular weight excluding hydrogens is 274 g/mol. The molecule has 94 valence electrons. The van der Waals surface area contributed by atoms with Crippen LogP contribution in [0.25, 0.3) is 0 Å². The Balaban J connectivity index is 2.25. The van der Waals surface area contributed by atoms with Crippen molar-refractivity contribution >= 4 is 28.9 Å². The molecule has 0 aliphatic heterocycles. The first-order valence-corrected chi connectivity index (χ1v) is 6.14. The van der Waals surface area contributed by atoms with Gasteiger partial charge in [0.05, 0.1) is 15.7 Å². The fraction of sp³-hybridized carbons (Fsp3) is 0.154. The van der Waals surface area contributed by atoms with Crippen LogP contribution in [0.15, 0.2) is 36.7 Å². The zero-order valence-electron chi connectivity index (χ0n) is 9.62. The summed E-state index contributed by atoms with van der Waals surface area (Å²) < 4.78 is 13.1. The van der Waals surface area contributed by atoms with E-state index in [2.05, 4.69) is 10.3 Å². The van der Waals surface area contributed by atoms with Gasteiger partial charge >= 0.3 is 0 Å². The highest BCUT2D eigenvalue weighted by atomic mass is 35.5. The molecule has 0 saturated heterocycles. The summed E-state index contributed by atoms with van der Waals surface area (Å²) in [6.07, 6.45) is 3.42. The number of anilines is 1. The second kappa shape index (κ2) is 5.55. The van der Waals surface area contributed by atoms with Crippen LogP contribution in [0.4, 0.5) is 10.1 Å². The van der Waals surface area contributed by atoms with Crippen molar-refractivity contribution in [1.29, 1.82) is 0 Å². The summed E-state index contributed by atoms with van der Waals surface area (Å²) in [5.41, 5.74) is 1.57. The Morgan fingerprint density at radius 2 is 1.72 bits per heavy atom. The van der Waals surface area contributed by atoms with Gasteiger partial charge in [-0.25, -0.2) is 4.39 Å². The Kier molecular flexibility index (Phi) is 4.04. The normalized spacial score (nSPS) is 12.2. The number of hydrogen-bond donors (Lipinski definition) is 1. The third-order valence-electron chi connectivity index (χ3n) is 2.57. The summed E-state index contributed by atoms with van der Waals surface area (Å²) in [7, 11) is 0. The molecule has 1 unspecified atom stereocenters. The van der Waals surface area contributed by atoms with E-state index < -0.39 is 5.82 Å². The molecule has 0 bridgehead atoms. The largest absolute Gasteiger partial charge is 0.376 e. The number of pyridine rings is 1. The number of rotatable bonds is 3. The summed E-state index contributed by atoms with van der Waals surface area (Å²) in [6.45, 7) is 1.96. The minimum absolute atomic E-state index is 0.00605. The van der Waals surface area contributed by atoms with Gasteiger partial charge in [-0.05, 0) is 36.8 Å². The molecule has 0 saturated carbocycles. The van der Waals surface area contributed by atoms with Crippen molar-refractivity contribution in [3.63, 3.8) is 0 Å². The van der Waals surface area contributed by atoms with Crippen LogP contribution < -0.4 is 5.32 Å². The molecule has 1 N–H and O–H groups in total. The van der Waals surface area contributed by atoms with Crippen molar-refractivity contribution in [2.24, 2.45) is 0 Å². The molecule has 5 heteroatoms. The van der Waals surface area contributed by atoms with Crippen LogP contribution in [0.2, 0.25) is 10.0 Å². The zero-order chi connectivity index (χ0) is 13.1. The predicted molar refractivity (Wildman–Crippen MR) is 72.7 cm³/mol. The van der Waals surface area contributed by atoms with Crippen molar-refractivity contribution in [3.05, 3.63) is 58.1 Å². The van der Waals surface area contributed by atoms with E-state index in [-0.39, 0.29) is 16.1 Å².